The number of hydrogen-bond donors (Lipinski definition) is 0. The molecule has 0 saturated carbocycles. The highest BCUT2D eigenvalue weighted by Gasteiger charge is 2.21. The van der Waals surface area contributed by atoms with Gasteiger partial charge in [0.2, 0.25) is 5.91 Å². The fraction of sp³-hybridized carbons (Fsp3) is 0.278. The molecule has 5 heteroatoms. The van der Waals surface area contributed by atoms with Gasteiger partial charge in [0.15, 0.2) is 0 Å². The molecule has 0 heterocycles. The Hall–Kier alpha value is -2.69. The van der Waals surface area contributed by atoms with E-state index in [-0.39, 0.29) is 24.1 Å². The molecule has 0 spiro atoms. The molecule has 120 valence electrons. The Bertz CT molecular complexity index is 684. The normalized spacial score (nSPS) is 10.6. The van der Waals surface area contributed by atoms with Gasteiger partial charge in [0.25, 0.3) is 5.69 Å². The number of amides is 1. The lowest BCUT2D eigenvalue weighted by Crippen LogP contribution is -2.37. The number of nitrogens with zero attached hydrogens (tertiary/aromatic N) is 2. The van der Waals surface area contributed by atoms with E-state index in [1.165, 1.54) is 6.07 Å². The zero-order valence-electron chi connectivity index (χ0n) is 13.3. The Kier molecular flexibility index (Phi) is 5.46. The van der Waals surface area contributed by atoms with E-state index in [1.54, 1.807) is 23.1 Å². The van der Waals surface area contributed by atoms with E-state index in [4.69, 9.17) is 0 Å². The summed E-state index contributed by atoms with van der Waals surface area (Å²) in [6, 6.07) is 16.1. The molecule has 0 aromatic heterocycles. The van der Waals surface area contributed by atoms with Crippen molar-refractivity contribution in [2.75, 3.05) is 0 Å². The second kappa shape index (κ2) is 7.54. The van der Waals surface area contributed by atoms with Gasteiger partial charge in [-0.15, -0.1) is 0 Å². The summed E-state index contributed by atoms with van der Waals surface area (Å²) in [5.74, 6) is -0.113. The van der Waals surface area contributed by atoms with Crippen LogP contribution in [0.15, 0.2) is 54.6 Å². The van der Waals surface area contributed by atoms with E-state index in [2.05, 4.69) is 0 Å². The minimum atomic E-state index is -0.445. The smallest absolute Gasteiger partial charge is 0.273 e. The van der Waals surface area contributed by atoms with Crippen LogP contribution in [-0.4, -0.2) is 21.8 Å². The van der Waals surface area contributed by atoms with Crippen molar-refractivity contribution in [3.63, 3.8) is 0 Å². The van der Waals surface area contributed by atoms with Crippen molar-refractivity contribution in [1.29, 1.82) is 0 Å². The largest absolute Gasteiger partial charge is 0.336 e. The highest BCUT2D eigenvalue weighted by Crippen LogP contribution is 2.20. The van der Waals surface area contributed by atoms with Crippen LogP contribution < -0.4 is 0 Å². The second-order valence-electron chi connectivity index (χ2n) is 5.66. The topological polar surface area (TPSA) is 63.5 Å². The van der Waals surface area contributed by atoms with E-state index in [0.29, 0.717) is 12.1 Å². The number of hydrogen-bond acceptors (Lipinski definition) is 3. The standard InChI is InChI=1S/C18H20N2O3/c1-14(2)19(13-15-8-4-3-5-9-15)18(21)12-16-10-6-7-11-17(16)20(22)23/h3-11,14H,12-13H2,1-2H3. The summed E-state index contributed by atoms with van der Waals surface area (Å²) in [6.45, 7) is 4.39. The Labute approximate surface area is 135 Å². The molecule has 23 heavy (non-hydrogen) atoms. The van der Waals surface area contributed by atoms with Crippen molar-refractivity contribution >= 4 is 11.6 Å². The van der Waals surface area contributed by atoms with Crippen LogP contribution in [0.25, 0.3) is 0 Å². The fourth-order valence-corrected chi connectivity index (χ4v) is 2.44. The summed E-state index contributed by atoms with van der Waals surface area (Å²) in [5.41, 5.74) is 1.47. The first kappa shape index (κ1) is 16.7. The summed E-state index contributed by atoms with van der Waals surface area (Å²) in [4.78, 5) is 25.0. The molecule has 0 unspecified atom stereocenters. The molecule has 2 rings (SSSR count). The third kappa shape index (κ3) is 4.39. The summed E-state index contributed by atoms with van der Waals surface area (Å²) in [7, 11) is 0. The molecule has 0 radical (unpaired) electrons. The number of nitro benzene ring substituents is 1. The quantitative estimate of drug-likeness (QED) is 0.605. The average molecular weight is 312 g/mol. The number of carbonyl (C=O) groups is 1. The van der Waals surface area contributed by atoms with Gasteiger partial charge in [-0.1, -0.05) is 48.5 Å². The first-order valence-electron chi connectivity index (χ1n) is 7.54. The van der Waals surface area contributed by atoms with Gasteiger partial charge >= 0.3 is 0 Å². The third-order valence-electron chi connectivity index (χ3n) is 3.67. The lowest BCUT2D eigenvalue weighted by Gasteiger charge is -2.27. The molecule has 0 fully saturated rings. The first-order chi connectivity index (χ1) is 11.0. The van der Waals surface area contributed by atoms with Gasteiger partial charge in [-0.25, -0.2) is 0 Å². The number of nitro groups is 1. The molecular formula is C18H20N2O3. The van der Waals surface area contributed by atoms with Crippen LogP contribution in [-0.2, 0) is 17.8 Å². The summed E-state index contributed by atoms with van der Waals surface area (Å²) >= 11 is 0. The number of rotatable bonds is 6. The van der Waals surface area contributed by atoms with Crippen LogP contribution in [0.5, 0.6) is 0 Å². The van der Waals surface area contributed by atoms with Gasteiger partial charge in [-0.05, 0) is 19.4 Å². The molecule has 1 amide bonds. The maximum Gasteiger partial charge on any atom is 0.273 e. The molecular weight excluding hydrogens is 292 g/mol. The molecule has 0 bridgehead atoms. The average Bonchev–Trinajstić information content (AvgIpc) is 2.53. The molecule has 0 atom stereocenters. The van der Waals surface area contributed by atoms with Gasteiger partial charge in [0, 0.05) is 24.2 Å². The van der Waals surface area contributed by atoms with E-state index in [0.717, 1.165) is 5.56 Å². The van der Waals surface area contributed by atoms with Crippen molar-refractivity contribution in [1.82, 2.24) is 4.90 Å². The molecule has 0 aliphatic rings. The molecule has 0 saturated heterocycles. The van der Waals surface area contributed by atoms with Crippen LogP contribution in [0.4, 0.5) is 5.69 Å². The number of carbonyl (C=O) groups excluding carboxylic acids is 1. The Morgan fingerprint density at radius 3 is 2.30 bits per heavy atom. The lowest BCUT2D eigenvalue weighted by molar-refractivity contribution is -0.385. The van der Waals surface area contributed by atoms with Crippen LogP contribution >= 0.6 is 0 Å². The van der Waals surface area contributed by atoms with Gasteiger partial charge in [0.1, 0.15) is 0 Å². The van der Waals surface area contributed by atoms with Crippen molar-refractivity contribution in [2.45, 2.75) is 32.9 Å². The maximum absolute atomic E-state index is 12.6. The summed E-state index contributed by atoms with van der Waals surface area (Å²) < 4.78 is 0. The highest BCUT2D eigenvalue weighted by molar-refractivity contribution is 5.80. The van der Waals surface area contributed by atoms with E-state index in [9.17, 15) is 14.9 Å². The Morgan fingerprint density at radius 2 is 1.70 bits per heavy atom. The minimum Gasteiger partial charge on any atom is -0.336 e. The zero-order valence-corrected chi connectivity index (χ0v) is 13.3. The second-order valence-corrected chi connectivity index (χ2v) is 5.66. The molecule has 2 aromatic rings. The van der Waals surface area contributed by atoms with Gasteiger partial charge < -0.3 is 4.90 Å². The van der Waals surface area contributed by atoms with Crippen molar-refractivity contribution in [2.24, 2.45) is 0 Å². The van der Waals surface area contributed by atoms with Gasteiger partial charge in [0.05, 0.1) is 11.3 Å². The molecule has 0 aliphatic heterocycles. The van der Waals surface area contributed by atoms with Crippen molar-refractivity contribution in [3.05, 3.63) is 75.8 Å². The van der Waals surface area contributed by atoms with Crippen LogP contribution in [0.2, 0.25) is 0 Å². The molecule has 2 aromatic carbocycles. The minimum absolute atomic E-state index is 0.00994. The van der Waals surface area contributed by atoms with E-state index >= 15 is 0 Å². The number of para-hydroxylation sites is 1. The number of benzene rings is 2. The van der Waals surface area contributed by atoms with E-state index < -0.39 is 4.92 Å². The Balaban J connectivity index is 2.18. The SMILES string of the molecule is CC(C)N(Cc1ccccc1)C(=O)Cc1ccccc1[N+](=O)[O-]. The van der Waals surface area contributed by atoms with Crippen LogP contribution in [0.1, 0.15) is 25.0 Å². The first-order valence-corrected chi connectivity index (χ1v) is 7.54. The molecule has 0 N–H and O–H groups in total. The van der Waals surface area contributed by atoms with Gasteiger partial charge in [-0.2, -0.15) is 0 Å². The van der Waals surface area contributed by atoms with Crippen LogP contribution in [0, 0.1) is 10.1 Å². The van der Waals surface area contributed by atoms with Crippen molar-refractivity contribution in [3.8, 4) is 0 Å². The van der Waals surface area contributed by atoms with E-state index in [1.807, 2.05) is 44.2 Å². The molecule has 5 nitrogen and oxygen atoms in total. The molecule has 0 aliphatic carbocycles. The predicted octanol–water partition coefficient (Wildman–Crippen LogP) is 3.57. The zero-order chi connectivity index (χ0) is 16.8. The lowest BCUT2D eigenvalue weighted by atomic mass is 10.1. The Morgan fingerprint density at radius 1 is 1.09 bits per heavy atom. The fourth-order valence-electron chi connectivity index (χ4n) is 2.44. The predicted molar refractivity (Wildman–Crippen MR) is 88.9 cm³/mol. The third-order valence-corrected chi connectivity index (χ3v) is 3.67. The van der Waals surface area contributed by atoms with Crippen LogP contribution in [0.3, 0.4) is 0 Å². The van der Waals surface area contributed by atoms with Gasteiger partial charge in [-0.3, -0.25) is 14.9 Å². The monoisotopic (exact) mass is 312 g/mol. The summed E-state index contributed by atoms with van der Waals surface area (Å²) in [6.07, 6.45) is 0.0299. The van der Waals surface area contributed by atoms with Crippen molar-refractivity contribution < 1.29 is 9.72 Å². The maximum atomic E-state index is 12.6. The highest BCUT2D eigenvalue weighted by atomic mass is 16.6. The summed E-state index contributed by atoms with van der Waals surface area (Å²) in [5, 5.41) is 11.1.